The van der Waals surface area contributed by atoms with Crippen molar-refractivity contribution < 1.29 is 5.11 Å². The molecule has 0 aliphatic carbocycles. The molecule has 80 valence electrons. The lowest BCUT2D eigenvalue weighted by molar-refractivity contribution is 0.130. The summed E-state index contributed by atoms with van der Waals surface area (Å²) in [4.78, 5) is 2.45. The van der Waals surface area contributed by atoms with Gasteiger partial charge in [0.2, 0.25) is 0 Å². The fraction of sp³-hybridized carbons (Fsp3) is 0.909. The molecule has 0 unspecified atom stereocenters. The maximum absolute atomic E-state index is 8.97. The van der Waals surface area contributed by atoms with Gasteiger partial charge in [-0.25, -0.2) is 0 Å². The van der Waals surface area contributed by atoms with Crippen LogP contribution >= 0.6 is 0 Å². The van der Waals surface area contributed by atoms with Crippen molar-refractivity contribution in [2.75, 3.05) is 26.2 Å². The van der Waals surface area contributed by atoms with Crippen LogP contribution in [0.15, 0.2) is 0 Å². The zero-order valence-corrected chi connectivity index (χ0v) is 8.78. The van der Waals surface area contributed by atoms with Gasteiger partial charge in [0, 0.05) is 13.0 Å². The molecule has 0 radical (unpaired) electrons. The van der Waals surface area contributed by atoms with Gasteiger partial charge < -0.3 is 10.0 Å². The number of rotatable bonds is 5. The standard InChI is InChI=1S/C11H20N2O/c12-6-2-1-3-7-13-8-4-11(10-14)5-9-13/h11,14H,1-5,7-10H2. The lowest BCUT2D eigenvalue weighted by Gasteiger charge is -2.30. The lowest BCUT2D eigenvalue weighted by atomic mass is 9.98. The largest absolute Gasteiger partial charge is 0.396 e. The molecule has 0 saturated carbocycles. The van der Waals surface area contributed by atoms with Gasteiger partial charge in [-0.1, -0.05) is 0 Å². The summed E-state index contributed by atoms with van der Waals surface area (Å²) in [5.74, 6) is 0.533. The smallest absolute Gasteiger partial charge is 0.0621 e. The van der Waals surface area contributed by atoms with Crippen LogP contribution in [0.4, 0.5) is 0 Å². The van der Waals surface area contributed by atoms with Gasteiger partial charge in [0.25, 0.3) is 0 Å². The van der Waals surface area contributed by atoms with E-state index in [9.17, 15) is 0 Å². The van der Waals surface area contributed by atoms with E-state index in [1.165, 1.54) is 0 Å². The molecule has 0 amide bonds. The molecule has 0 spiro atoms. The Morgan fingerprint density at radius 3 is 2.57 bits per heavy atom. The highest BCUT2D eigenvalue weighted by Crippen LogP contribution is 2.16. The third kappa shape index (κ3) is 4.08. The first-order valence-electron chi connectivity index (χ1n) is 5.57. The predicted molar refractivity (Wildman–Crippen MR) is 55.7 cm³/mol. The first kappa shape index (κ1) is 11.5. The van der Waals surface area contributed by atoms with Crippen LogP contribution in [0.5, 0.6) is 0 Å². The van der Waals surface area contributed by atoms with Crippen LogP contribution in [0, 0.1) is 17.2 Å². The van der Waals surface area contributed by atoms with Crippen molar-refractivity contribution in [1.82, 2.24) is 4.90 Å². The molecule has 0 aromatic rings. The van der Waals surface area contributed by atoms with Crippen LogP contribution in [-0.2, 0) is 0 Å². The number of unbranched alkanes of at least 4 members (excludes halogenated alkanes) is 2. The molecule has 14 heavy (non-hydrogen) atoms. The molecule has 1 aliphatic rings. The second-order valence-corrected chi connectivity index (χ2v) is 4.08. The number of piperidine rings is 1. The van der Waals surface area contributed by atoms with Crippen LogP contribution < -0.4 is 0 Å². The molecule has 1 aliphatic heterocycles. The highest BCUT2D eigenvalue weighted by molar-refractivity contribution is 4.73. The number of hydrogen-bond acceptors (Lipinski definition) is 3. The van der Waals surface area contributed by atoms with Gasteiger partial charge in [-0.05, 0) is 51.2 Å². The lowest BCUT2D eigenvalue weighted by Crippen LogP contribution is -2.35. The molecule has 1 saturated heterocycles. The van der Waals surface area contributed by atoms with Crippen molar-refractivity contribution in [3.8, 4) is 6.07 Å². The van der Waals surface area contributed by atoms with Gasteiger partial charge in [0.1, 0.15) is 0 Å². The molecular weight excluding hydrogens is 176 g/mol. The monoisotopic (exact) mass is 196 g/mol. The molecule has 1 heterocycles. The molecule has 0 aromatic carbocycles. The van der Waals surface area contributed by atoms with Gasteiger partial charge >= 0.3 is 0 Å². The summed E-state index contributed by atoms with van der Waals surface area (Å²) >= 11 is 0. The summed E-state index contributed by atoms with van der Waals surface area (Å²) < 4.78 is 0. The molecule has 1 N–H and O–H groups in total. The Labute approximate surface area is 86.3 Å². The van der Waals surface area contributed by atoms with Crippen LogP contribution in [-0.4, -0.2) is 36.2 Å². The molecule has 1 fully saturated rings. The number of aliphatic hydroxyl groups is 1. The average Bonchev–Trinajstić information content (AvgIpc) is 2.25. The first-order valence-corrected chi connectivity index (χ1v) is 5.57. The number of nitriles is 1. The zero-order valence-electron chi connectivity index (χ0n) is 8.78. The van der Waals surface area contributed by atoms with E-state index in [4.69, 9.17) is 10.4 Å². The maximum atomic E-state index is 8.97. The van der Waals surface area contributed by atoms with Crippen LogP contribution in [0.25, 0.3) is 0 Å². The van der Waals surface area contributed by atoms with E-state index in [1.54, 1.807) is 0 Å². The van der Waals surface area contributed by atoms with Crippen molar-refractivity contribution >= 4 is 0 Å². The Kier molecular flexibility index (Phi) is 5.58. The molecule has 3 heteroatoms. The van der Waals surface area contributed by atoms with E-state index in [2.05, 4.69) is 11.0 Å². The van der Waals surface area contributed by atoms with Crippen molar-refractivity contribution in [3.05, 3.63) is 0 Å². The van der Waals surface area contributed by atoms with Crippen LogP contribution in [0.3, 0.4) is 0 Å². The van der Waals surface area contributed by atoms with Crippen molar-refractivity contribution in [2.24, 2.45) is 5.92 Å². The highest BCUT2D eigenvalue weighted by Gasteiger charge is 2.17. The number of likely N-dealkylation sites (tertiary alicyclic amines) is 1. The zero-order chi connectivity index (χ0) is 10.2. The van der Waals surface area contributed by atoms with E-state index >= 15 is 0 Å². The number of hydrogen-bond donors (Lipinski definition) is 1. The normalized spacial score (nSPS) is 19.4. The van der Waals surface area contributed by atoms with Gasteiger partial charge in [0.15, 0.2) is 0 Å². The molecular formula is C11H20N2O. The predicted octanol–water partition coefficient (Wildman–Crippen LogP) is 1.38. The minimum absolute atomic E-state index is 0.349. The van der Waals surface area contributed by atoms with Crippen molar-refractivity contribution in [1.29, 1.82) is 5.26 Å². The molecule has 1 rings (SSSR count). The first-order chi connectivity index (χ1) is 6.86. The minimum Gasteiger partial charge on any atom is -0.396 e. The Hall–Kier alpha value is -0.590. The Balaban J connectivity index is 2.02. The molecule has 0 atom stereocenters. The summed E-state index contributed by atoms with van der Waals surface area (Å²) in [6.07, 6.45) is 5.12. The summed E-state index contributed by atoms with van der Waals surface area (Å²) in [5, 5.41) is 17.3. The summed E-state index contributed by atoms with van der Waals surface area (Å²) in [7, 11) is 0. The van der Waals surface area contributed by atoms with E-state index in [0.717, 1.165) is 45.3 Å². The van der Waals surface area contributed by atoms with Gasteiger partial charge in [-0.3, -0.25) is 0 Å². The SMILES string of the molecule is N#CCCCCN1CCC(CO)CC1. The molecule has 0 bridgehead atoms. The third-order valence-corrected chi connectivity index (χ3v) is 2.98. The summed E-state index contributed by atoms with van der Waals surface area (Å²) in [5.41, 5.74) is 0. The fourth-order valence-corrected chi connectivity index (χ4v) is 1.93. The maximum Gasteiger partial charge on any atom is 0.0621 e. The second-order valence-electron chi connectivity index (χ2n) is 4.08. The summed E-state index contributed by atoms with van der Waals surface area (Å²) in [6.45, 7) is 3.72. The van der Waals surface area contributed by atoms with Crippen molar-refractivity contribution in [3.63, 3.8) is 0 Å². The van der Waals surface area contributed by atoms with Crippen molar-refractivity contribution in [2.45, 2.75) is 32.1 Å². The van der Waals surface area contributed by atoms with Crippen LogP contribution in [0.2, 0.25) is 0 Å². The van der Waals surface area contributed by atoms with Gasteiger partial charge in [0.05, 0.1) is 6.07 Å². The number of aliphatic hydroxyl groups excluding tert-OH is 1. The Bertz CT molecular complexity index is 180. The van der Waals surface area contributed by atoms with Crippen LogP contribution in [0.1, 0.15) is 32.1 Å². The quantitative estimate of drug-likeness (QED) is 0.676. The minimum atomic E-state index is 0.349. The average molecular weight is 196 g/mol. The highest BCUT2D eigenvalue weighted by atomic mass is 16.3. The second kappa shape index (κ2) is 6.80. The number of nitrogens with zero attached hydrogens (tertiary/aromatic N) is 2. The Morgan fingerprint density at radius 2 is 2.00 bits per heavy atom. The van der Waals surface area contributed by atoms with Gasteiger partial charge in [-0.2, -0.15) is 5.26 Å². The molecule has 3 nitrogen and oxygen atoms in total. The molecule has 0 aromatic heterocycles. The van der Waals surface area contributed by atoms with E-state index in [-0.39, 0.29) is 0 Å². The topological polar surface area (TPSA) is 47.3 Å². The van der Waals surface area contributed by atoms with E-state index in [1.807, 2.05) is 0 Å². The Morgan fingerprint density at radius 1 is 1.29 bits per heavy atom. The summed E-state index contributed by atoms with van der Waals surface area (Å²) in [6, 6.07) is 2.17. The van der Waals surface area contributed by atoms with E-state index < -0.39 is 0 Å². The third-order valence-electron chi connectivity index (χ3n) is 2.98. The fourth-order valence-electron chi connectivity index (χ4n) is 1.93. The van der Waals surface area contributed by atoms with Gasteiger partial charge in [-0.15, -0.1) is 0 Å². The van der Waals surface area contributed by atoms with E-state index in [0.29, 0.717) is 18.9 Å².